The van der Waals surface area contributed by atoms with E-state index in [1.807, 2.05) is 13.8 Å². The second kappa shape index (κ2) is 9.43. The lowest BCUT2D eigenvalue weighted by Crippen LogP contribution is -2.50. The Balaban J connectivity index is 2.31. The van der Waals surface area contributed by atoms with Crippen molar-refractivity contribution in [2.45, 2.75) is 56.3 Å². The third-order valence-corrected chi connectivity index (χ3v) is 5.52. The van der Waals surface area contributed by atoms with Crippen molar-refractivity contribution in [2.24, 2.45) is 0 Å². The summed E-state index contributed by atoms with van der Waals surface area (Å²) in [4.78, 5) is 16.4. The fraction of sp³-hybridized carbons (Fsp3) is 0.733. The van der Waals surface area contributed by atoms with Crippen LogP contribution in [0.2, 0.25) is 0 Å². The van der Waals surface area contributed by atoms with Crippen molar-refractivity contribution < 1.29 is 9.53 Å². The van der Waals surface area contributed by atoms with Crippen LogP contribution < -0.4 is 5.32 Å². The van der Waals surface area contributed by atoms with Crippen molar-refractivity contribution in [3.8, 4) is 0 Å². The molecule has 0 spiro atoms. The van der Waals surface area contributed by atoms with E-state index in [9.17, 15) is 4.79 Å². The molecule has 0 aliphatic heterocycles. The molecule has 1 unspecified atom stereocenters. The number of unbranched alkanes of at least 4 members (excludes halogenated alkanes) is 1. The van der Waals surface area contributed by atoms with Gasteiger partial charge in [0.05, 0.1) is 7.11 Å². The van der Waals surface area contributed by atoms with E-state index >= 15 is 0 Å². The van der Waals surface area contributed by atoms with E-state index < -0.39 is 5.54 Å². The monoisotopic (exact) mass is 330 g/mol. The highest BCUT2D eigenvalue weighted by Crippen LogP contribution is 2.24. The Morgan fingerprint density at radius 3 is 2.86 bits per heavy atom. The highest BCUT2D eigenvalue weighted by Gasteiger charge is 2.32. The van der Waals surface area contributed by atoms with Crippen LogP contribution in [0.1, 0.15) is 45.2 Å². The molecule has 6 heteroatoms. The van der Waals surface area contributed by atoms with Gasteiger partial charge in [-0.05, 0) is 39.7 Å². The molecule has 0 radical (unpaired) electrons. The van der Waals surface area contributed by atoms with Crippen LogP contribution in [0.15, 0.2) is 9.72 Å². The first kappa shape index (κ1) is 18.5. The normalized spacial score (nSPS) is 13.9. The van der Waals surface area contributed by atoms with Crippen molar-refractivity contribution in [3.63, 3.8) is 0 Å². The molecular formula is C15H26N2O2S2. The maximum atomic E-state index is 11.9. The van der Waals surface area contributed by atoms with Gasteiger partial charge in [-0.3, -0.25) is 4.79 Å². The van der Waals surface area contributed by atoms with E-state index in [1.165, 1.54) is 7.11 Å². The van der Waals surface area contributed by atoms with Gasteiger partial charge < -0.3 is 10.1 Å². The van der Waals surface area contributed by atoms with Gasteiger partial charge in [0.2, 0.25) is 0 Å². The maximum Gasteiger partial charge on any atom is 0.325 e. The number of aromatic nitrogens is 1. The van der Waals surface area contributed by atoms with Crippen molar-refractivity contribution in [2.75, 3.05) is 19.4 Å². The van der Waals surface area contributed by atoms with Crippen molar-refractivity contribution >= 4 is 29.1 Å². The van der Waals surface area contributed by atoms with E-state index in [1.54, 1.807) is 23.1 Å². The number of rotatable bonds is 10. The first-order valence-electron chi connectivity index (χ1n) is 7.40. The number of hydrogen-bond donors (Lipinski definition) is 1. The molecule has 1 aromatic heterocycles. The van der Waals surface area contributed by atoms with Crippen molar-refractivity contribution in [1.29, 1.82) is 0 Å². The number of nitrogens with one attached hydrogen (secondary N) is 1. The Bertz CT molecular complexity index is 437. The number of nitrogens with zero attached hydrogens (tertiary/aromatic N) is 1. The van der Waals surface area contributed by atoms with Gasteiger partial charge >= 0.3 is 5.97 Å². The predicted molar refractivity (Wildman–Crippen MR) is 90.1 cm³/mol. The van der Waals surface area contributed by atoms with Crippen LogP contribution in [-0.2, 0) is 9.53 Å². The average molecular weight is 331 g/mol. The summed E-state index contributed by atoms with van der Waals surface area (Å²) in [6, 6.07) is 0. The fourth-order valence-corrected chi connectivity index (χ4v) is 3.95. The summed E-state index contributed by atoms with van der Waals surface area (Å²) in [5, 5.41) is 5.39. The largest absolute Gasteiger partial charge is 0.468 e. The number of methoxy groups -OCH3 is 1. The van der Waals surface area contributed by atoms with Gasteiger partial charge in [0.25, 0.3) is 0 Å². The summed E-state index contributed by atoms with van der Waals surface area (Å²) in [6.45, 7) is 6.88. The third-order valence-electron chi connectivity index (χ3n) is 3.30. The van der Waals surface area contributed by atoms with Gasteiger partial charge in [-0.25, -0.2) is 4.98 Å². The minimum absolute atomic E-state index is 0.167. The summed E-state index contributed by atoms with van der Waals surface area (Å²) in [5.74, 6) is 0.872. The summed E-state index contributed by atoms with van der Waals surface area (Å²) in [5.41, 5.74) is 0.525. The van der Waals surface area contributed by atoms with E-state index in [0.29, 0.717) is 0 Å². The van der Waals surface area contributed by atoms with E-state index in [-0.39, 0.29) is 5.97 Å². The number of carbonyl (C=O) groups excluding carboxylic acids is 1. The number of hydrogen-bond acceptors (Lipinski definition) is 6. The molecule has 1 rings (SSSR count). The molecule has 0 saturated carbocycles. The van der Waals surface area contributed by atoms with Gasteiger partial charge in [-0.1, -0.05) is 25.1 Å². The third kappa shape index (κ3) is 6.36. The molecule has 0 amide bonds. The average Bonchev–Trinajstić information content (AvgIpc) is 2.89. The van der Waals surface area contributed by atoms with Crippen LogP contribution in [0.25, 0.3) is 0 Å². The first-order valence-corrected chi connectivity index (χ1v) is 9.26. The summed E-state index contributed by atoms with van der Waals surface area (Å²) in [6.07, 6.45) is 3.88. The highest BCUT2D eigenvalue weighted by atomic mass is 32.2. The molecule has 0 fully saturated rings. The predicted octanol–water partition coefficient (Wildman–Crippen LogP) is 3.65. The molecule has 1 aromatic rings. The zero-order valence-electron chi connectivity index (χ0n) is 13.4. The van der Waals surface area contributed by atoms with Gasteiger partial charge in [0, 0.05) is 16.8 Å². The van der Waals surface area contributed by atoms with Crippen LogP contribution in [-0.4, -0.2) is 35.9 Å². The Morgan fingerprint density at radius 2 is 2.29 bits per heavy atom. The Kier molecular flexibility index (Phi) is 8.29. The van der Waals surface area contributed by atoms with Crippen LogP contribution in [0.5, 0.6) is 0 Å². The summed E-state index contributed by atoms with van der Waals surface area (Å²) >= 11 is 3.49. The molecule has 120 valence electrons. The number of thiazole rings is 1. The Labute approximate surface area is 136 Å². The molecule has 0 saturated heterocycles. The number of aryl methyl sites for hydroxylation is 1. The smallest absolute Gasteiger partial charge is 0.325 e. The standard InChI is InChI=1S/C15H26N2O2S2/c1-5-9-16-15(3,13(18)19-4)8-6-7-10-20-14-17-12(2)11-21-14/h11,16H,5-10H2,1-4H3. The molecular weight excluding hydrogens is 304 g/mol. The zero-order chi connectivity index (χ0) is 15.7. The molecule has 0 bridgehead atoms. The number of ether oxygens (including phenoxy) is 1. The van der Waals surface area contributed by atoms with Crippen LogP contribution in [0.4, 0.5) is 0 Å². The van der Waals surface area contributed by atoms with Crippen LogP contribution >= 0.6 is 23.1 Å². The lowest BCUT2D eigenvalue weighted by atomic mass is 9.95. The van der Waals surface area contributed by atoms with Gasteiger partial charge in [-0.2, -0.15) is 0 Å². The second-order valence-corrected chi connectivity index (χ2v) is 7.51. The summed E-state index contributed by atoms with van der Waals surface area (Å²) in [7, 11) is 1.45. The van der Waals surface area contributed by atoms with Gasteiger partial charge in [0.15, 0.2) is 0 Å². The molecule has 1 N–H and O–H groups in total. The SMILES string of the molecule is CCCNC(C)(CCCCSc1nc(C)cs1)C(=O)OC. The van der Waals surface area contributed by atoms with Gasteiger partial charge in [0.1, 0.15) is 9.88 Å². The van der Waals surface area contributed by atoms with E-state index in [4.69, 9.17) is 4.74 Å². The van der Waals surface area contributed by atoms with Crippen molar-refractivity contribution in [1.82, 2.24) is 10.3 Å². The molecule has 1 atom stereocenters. The molecule has 1 heterocycles. The molecule has 0 aliphatic carbocycles. The van der Waals surface area contributed by atoms with E-state index in [0.717, 1.165) is 48.0 Å². The quantitative estimate of drug-likeness (QED) is 0.403. The Morgan fingerprint density at radius 1 is 1.52 bits per heavy atom. The minimum atomic E-state index is -0.562. The van der Waals surface area contributed by atoms with Crippen molar-refractivity contribution in [3.05, 3.63) is 11.1 Å². The molecule has 0 aliphatic rings. The summed E-state index contributed by atoms with van der Waals surface area (Å²) < 4.78 is 6.06. The second-order valence-electron chi connectivity index (χ2n) is 5.31. The maximum absolute atomic E-state index is 11.9. The number of carbonyl (C=O) groups is 1. The number of esters is 1. The lowest BCUT2D eigenvalue weighted by Gasteiger charge is -2.28. The zero-order valence-corrected chi connectivity index (χ0v) is 15.0. The number of thioether (sulfide) groups is 1. The minimum Gasteiger partial charge on any atom is -0.468 e. The van der Waals surface area contributed by atoms with E-state index in [2.05, 4.69) is 22.6 Å². The highest BCUT2D eigenvalue weighted by molar-refractivity contribution is 8.00. The molecule has 21 heavy (non-hydrogen) atoms. The van der Waals surface area contributed by atoms with Crippen LogP contribution in [0, 0.1) is 6.92 Å². The molecule has 4 nitrogen and oxygen atoms in total. The molecule has 0 aromatic carbocycles. The fourth-order valence-electron chi connectivity index (χ4n) is 2.03. The lowest BCUT2D eigenvalue weighted by molar-refractivity contribution is -0.148. The topological polar surface area (TPSA) is 51.2 Å². The first-order chi connectivity index (χ1) is 10.0. The Hall–Kier alpha value is -0.590. The van der Waals surface area contributed by atoms with Crippen LogP contribution in [0.3, 0.4) is 0 Å². The van der Waals surface area contributed by atoms with Gasteiger partial charge in [-0.15, -0.1) is 11.3 Å².